The molecule has 3 aliphatic carbocycles. The molecular formula is C40H48O8. The van der Waals surface area contributed by atoms with Gasteiger partial charge in [0, 0.05) is 23.3 Å². The minimum Gasteiger partial charge on any atom is -0.380 e. The molecule has 8 heteroatoms. The van der Waals surface area contributed by atoms with Gasteiger partial charge < -0.3 is 33.9 Å². The molecular weight excluding hydrogens is 608 g/mol. The first kappa shape index (κ1) is 32.5. The number of hydrogen-bond acceptors (Lipinski definition) is 8. The van der Waals surface area contributed by atoms with E-state index in [-0.39, 0.29) is 18.4 Å². The number of ether oxygens (including phenoxy) is 5. The van der Waals surface area contributed by atoms with E-state index in [2.05, 4.69) is 38.7 Å². The van der Waals surface area contributed by atoms with E-state index in [1.54, 1.807) is 20.8 Å². The van der Waals surface area contributed by atoms with Crippen LogP contribution in [0.4, 0.5) is 0 Å². The number of allylic oxidation sites excluding steroid dienone is 6. The molecule has 6 fully saturated rings. The summed E-state index contributed by atoms with van der Waals surface area (Å²) >= 11 is 0. The second-order valence-electron chi connectivity index (χ2n) is 15.6. The molecule has 1 aromatic rings. The van der Waals surface area contributed by atoms with Crippen molar-refractivity contribution in [2.45, 2.75) is 113 Å². The third kappa shape index (κ3) is 3.48. The zero-order valence-electron chi connectivity index (χ0n) is 28.8. The fraction of sp³-hybridized carbons (Fsp3) is 0.575. The van der Waals surface area contributed by atoms with Crippen LogP contribution in [-0.4, -0.2) is 68.4 Å². The highest BCUT2D eigenvalue weighted by molar-refractivity contribution is 6.06. The second kappa shape index (κ2) is 10.2. The Morgan fingerprint density at radius 3 is 2.42 bits per heavy atom. The molecule has 8 rings (SSSR count). The van der Waals surface area contributed by atoms with Gasteiger partial charge in [-0.25, -0.2) is 0 Å². The lowest BCUT2D eigenvalue weighted by atomic mass is 9.49. The molecule has 256 valence electrons. The summed E-state index contributed by atoms with van der Waals surface area (Å²) in [5.41, 5.74) is -7.47. The third-order valence-electron chi connectivity index (χ3n) is 13.1. The van der Waals surface area contributed by atoms with Crippen molar-refractivity contribution in [1.82, 2.24) is 0 Å². The number of benzene rings is 1. The van der Waals surface area contributed by atoms with E-state index >= 15 is 0 Å². The monoisotopic (exact) mass is 656 g/mol. The molecule has 1 aromatic carbocycles. The highest BCUT2D eigenvalue weighted by Crippen LogP contribution is 2.78. The predicted molar refractivity (Wildman–Crippen MR) is 178 cm³/mol. The number of Topliss-reactive ketones (excluding diaryl/α,β-unsaturated/α-hetero) is 1. The normalized spacial score (nSPS) is 49.2. The van der Waals surface area contributed by atoms with Crippen LogP contribution in [0.5, 0.6) is 0 Å². The minimum absolute atomic E-state index is 0.0200. The van der Waals surface area contributed by atoms with Crippen molar-refractivity contribution in [3.05, 3.63) is 96.2 Å². The van der Waals surface area contributed by atoms with Gasteiger partial charge in [-0.2, -0.15) is 0 Å². The molecule has 4 heterocycles. The van der Waals surface area contributed by atoms with Gasteiger partial charge in [-0.15, -0.1) is 0 Å². The number of carbonyl (C=O) groups is 1. The molecule has 7 aliphatic rings. The molecule has 3 bridgehead atoms. The Morgan fingerprint density at radius 2 is 1.73 bits per heavy atom. The number of ketones is 1. The fourth-order valence-electron chi connectivity index (χ4n) is 10.9. The summed E-state index contributed by atoms with van der Waals surface area (Å²) in [5.74, 6) is -4.22. The SMILES string of the molecule is C=C(C)[C@@]12O[C@@]3(c4ccccc4)O[C@@H]1[C@@H]1[C@@H]4O[C@@]45COC(C)(C)[C@]5(O)[C@]4(O)C(=O)C(C)=C[C@H]4[C@@]1(O3)[C@H](C)C2C\C=C/C=C\C=C/CCC. The number of unbranched alkanes of at least 4 members (excludes halogenated alkanes) is 1. The van der Waals surface area contributed by atoms with Crippen molar-refractivity contribution in [3.63, 3.8) is 0 Å². The lowest BCUT2D eigenvalue weighted by molar-refractivity contribution is -0.441. The maximum atomic E-state index is 14.4. The van der Waals surface area contributed by atoms with Crippen molar-refractivity contribution >= 4 is 5.78 Å². The Labute approximate surface area is 283 Å². The molecule has 2 saturated carbocycles. The number of aliphatic hydroxyl groups is 2. The number of rotatable bonds is 8. The van der Waals surface area contributed by atoms with Crippen molar-refractivity contribution in [3.8, 4) is 0 Å². The average Bonchev–Trinajstić information content (AvgIpc) is 3.62. The van der Waals surface area contributed by atoms with E-state index in [0.29, 0.717) is 17.6 Å². The van der Waals surface area contributed by atoms with Gasteiger partial charge in [-0.05, 0) is 57.6 Å². The molecule has 12 atom stereocenters. The lowest BCUT2D eigenvalue weighted by Crippen LogP contribution is -2.78. The number of hydrogen-bond donors (Lipinski definition) is 2. The first-order valence-corrected chi connectivity index (χ1v) is 17.5. The molecule has 1 unspecified atom stereocenters. The summed E-state index contributed by atoms with van der Waals surface area (Å²) in [6, 6.07) is 9.58. The Morgan fingerprint density at radius 1 is 1.02 bits per heavy atom. The zero-order valence-corrected chi connectivity index (χ0v) is 28.8. The summed E-state index contributed by atoms with van der Waals surface area (Å²) in [5, 5.41) is 26.2. The van der Waals surface area contributed by atoms with Gasteiger partial charge in [-0.1, -0.05) is 99.7 Å². The van der Waals surface area contributed by atoms with E-state index in [4.69, 9.17) is 23.7 Å². The van der Waals surface area contributed by atoms with E-state index in [1.165, 1.54) is 0 Å². The van der Waals surface area contributed by atoms with Gasteiger partial charge >= 0.3 is 5.97 Å². The average molecular weight is 657 g/mol. The molecule has 4 aliphatic heterocycles. The second-order valence-corrected chi connectivity index (χ2v) is 15.6. The van der Waals surface area contributed by atoms with Gasteiger partial charge in [0.15, 0.2) is 22.6 Å². The Kier molecular flexibility index (Phi) is 6.90. The Bertz CT molecular complexity index is 1680. The van der Waals surface area contributed by atoms with Crippen LogP contribution in [0.15, 0.2) is 90.6 Å². The molecule has 4 saturated heterocycles. The van der Waals surface area contributed by atoms with Crippen LogP contribution in [-0.2, 0) is 34.5 Å². The van der Waals surface area contributed by atoms with Crippen molar-refractivity contribution in [2.75, 3.05) is 6.61 Å². The van der Waals surface area contributed by atoms with Crippen molar-refractivity contribution in [2.24, 2.45) is 23.7 Å². The number of epoxide rings is 1. The predicted octanol–water partition coefficient (Wildman–Crippen LogP) is 5.60. The van der Waals surface area contributed by atoms with Crippen LogP contribution in [0.1, 0.15) is 66.4 Å². The maximum absolute atomic E-state index is 14.4. The molecule has 2 N–H and O–H groups in total. The quantitative estimate of drug-likeness (QED) is 0.212. The highest BCUT2D eigenvalue weighted by atomic mass is 16.9. The fourth-order valence-corrected chi connectivity index (χ4v) is 10.9. The van der Waals surface area contributed by atoms with E-state index in [9.17, 15) is 15.0 Å². The van der Waals surface area contributed by atoms with Crippen LogP contribution < -0.4 is 0 Å². The maximum Gasteiger partial charge on any atom is 0.313 e. The van der Waals surface area contributed by atoms with Gasteiger partial charge in [0.05, 0.1) is 17.8 Å². The van der Waals surface area contributed by atoms with Crippen LogP contribution in [0.3, 0.4) is 0 Å². The van der Waals surface area contributed by atoms with Crippen LogP contribution in [0.2, 0.25) is 0 Å². The van der Waals surface area contributed by atoms with E-state index < -0.39 is 69.4 Å². The van der Waals surface area contributed by atoms with Gasteiger partial charge in [-0.3, -0.25) is 4.79 Å². The molecule has 1 spiro atoms. The summed E-state index contributed by atoms with van der Waals surface area (Å²) in [6.07, 6.45) is 15.7. The molecule has 0 aromatic heterocycles. The minimum atomic E-state index is -2.30. The highest BCUT2D eigenvalue weighted by Gasteiger charge is 2.96. The van der Waals surface area contributed by atoms with Crippen LogP contribution in [0, 0.1) is 23.7 Å². The summed E-state index contributed by atoms with van der Waals surface area (Å²) in [6.45, 7) is 16.0. The standard InChI is InChI=1S/C40H48O8/c1-8-9-10-11-12-13-14-18-21-28-26(5)37-29-22-25(4)31(41)38(29,42)40(43)34(6,7)44-23-35(40)32(45-35)30(37)33-36(28,24(2)3)47-39(46-33,48-37)27-19-16-15-17-20-27/h10-20,22,26,28-30,32-33,42-43H,2,8-9,21,23H2,1,3-7H3/b11-10-,13-12-,18-14-/t26-,28?,29+,30+,32+,33-,35+,36+,37+,38-,39-,40-/m1/s1. The van der Waals surface area contributed by atoms with Crippen LogP contribution in [0.25, 0.3) is 0 Å². The number of carbonyl (C=O) groups excluding carboxylic acids is 1. The van der Waals surface area contributed by atoms with E-state index in [0.717, 1.165) is 18.4 Å². The van der Waals surface area contributed by atoms with Crippen molar-refractivity contribution < 1.29 is 38.7 Å². The summed E-state index contributed by atoms with van der Waals surface area (Å²) in [4.78, 5) is 14.4. The van der Waals surface area contributed by atoms with Crippen LogP contribution >= 0.6 is 0 Å². The number of fused-ring (bicyclic) bond motifs is 3. The zero-order chi connectivity index (χ0) is 34.1. The smallest absolute Gasteiger partial charge is 0.313 e. The molecule has 48 heavy (non-hydrogen) atoms. The van der Waals surface area contributed by atoms with Gasteiger partial charge in [0.2, 0.25) is 0 Å². The van der Waals surface area contributed by atoms with Crippen molar-refractivity contribution in [1.29, 1.82) is 0 Å². The topological polar surface area (TPSA) is 107 Å². The lowest BCUT2D eigenvalue weighted by Gasteiger charge is -2.62. The Balaban J connectivity index is 1.35. The van der Waals surface area contributed by atoms with E-state index in [1.807, 2.05) is 61.6 Å². The largest absolute Gasteiger partial charge is 0.380 e. The molecule has 8 nitrogen and oxygen atoms in total. The first-order valence-electron chi connectivity index (χ1n) is 17.5. The van der Waals surface area contributed by atoms with Gasteiger partial charge in [0.25, 0.3) is 0 Å². The summed E-state index contributed by atoms with van der Waals surface area (Å²) in [7, 11) is 0. The Hall–Kier alpha value is -2.69. The molecule has 0 amide bonds. The molecule has 0 radical (unpaired) electrons. The first-order chi connectivity index (χ1) is 22.8. The van der Waals surface area contributed by atoms with Gasteiger partial charge in [0.1, 0.15) is 17.8 Å². The third-order valence-corrected chi connectivity index (χ3v) is 13.1. The summed E-state index contributed by atoms with van der Waals surface area (Å²) < 4.78 is 34.7.